The van der Waals surface area contributed by atoms with Gasteiger partial charge >= 0.3 is 0 Å². The number of aromatic nitrogens is 1. The molecule has 1 aromatic heterocycles. The van der Waals surface area contributed by atoms with Crippen LogP contribution in [0.25, 0.3) is 83.1 Å². The minimum atomic E-state index is 0.184. The number of nitrogens with zero attached hydrogens (tertiary/aromatic N) is 1. The van der Waals surface area contributed by atoms with E-state index >= 15 is 0 Å². The normalized spacial score (nSPS) is 13.7. The minimum absolute atomic E-state index is 0.184. The van der Waals surface area contributed by atoms with Gasteiger partial charge in [-0.3, -0.25) is 0 Å². The van der Waals surface area contributed by atoms with Crippen LogP contribution in [0.15, 0.2) is 206 Å². The van der Waals surface area contributed by atoms with Crippen molar-refractivity contribution in [1.82, 2.24) is 4.57 Å². The summed E-state index contributed by atoms with van der Waals surface area (Å²) in [6.07, 6.45) is 0.969. The standard InChI is InChI=1S/C56H37N/c1-3-13-36(14-4-1)38-18-11-20-43(31-38)54-48-24-10-9-23-47(48)50-34-40(25-28-49(50)54)41-26-29-52-51(35-41)56-53(30-27-44-32-42-17-7-8-22-46(42)55(44)56)57(52)45-21-12-19-39(33-45)37-15-5-2-6-16-37/h1-31,33-35,54H,32H2. The average molecular weight is 724 g/mol. The van der Waals surface area contributed by atoms with Crippen LogP contribution < -0.4 is 0 Å². The fourth-order valence-corrected chi connectivity index (χ4v) is 9.92. The van der Waals surface area contributed by atoms with Crippen molar-refractivity contribution in [1.29, 1.82) is 0 Å². The van der Waals surface area contributed by atoms with Crippen LogP contribution in [0.1, 0.15) is 33.7 Å². The Kier molecular flexibility index (Phi) is 7.12. The van der Waals surface area contributed by atoms with Gasteiger partial charge in [0.15, 0.2) is 0 Å². The van der Waals surface area contributed by atoms with Crippen LogP contribution in [0, 0.1) is 0 Å². The van der Waals surface area contributed by atoms with Crippen molar-refractivity contribution in [2.45, 2.75) is 12.3 Å². The van der Waals surface area contributed by atoms with E-state index in [1.807, 2.05) is 0 Å². The van der Waals surface area contributed by atoms with Gasteiger partial charge < -0.3 is 4.57 Å². The molecule has 0 spiro atoms. The summed E-state index contributed by atoms with van der Waals surface area (Å²) in [5.74, 6) is 0.184. The molecule has 1 atom stereocenters. The highest BCUT2D eigenvalue weighted by Gasteiger charge is 2.31. The summed E-state index contributed by atoms with van der Waals surface area (Å²) in [5.41, 5.74) is 23.3. The Bertz CT molecular complexity index is 3200. The third-order valence-electron chi connectivity index (χ3n) is 12.5. The van der Waals surface area contributed by atoms with E-state index in [0.717, 1.165) is 6.42 Å². The third kappa shape index (κ3) is 5.02. The van der Waals surface area contributed by atoms with E-state index < -0.39 is 0 Å². The third-order valence-corrected chi connectivity index (χ3v) is 12.5. The molecule has 2 aliphatic rings. The molecule has 0 radical (unpaired) electrons. The van der Waals surface area contributed by atoms with Crippen LogP contribution >= 0.6 is 0 Å². The van der Waals surface area contributed by atoms with Crippen LogP contribution in [-0.2, 0) is 6.42 Å². The molecule has 0 bridgehead atoms. The van der Waals surface area contributed by atoms with Crippen molar-refractivity contribution in [3.8, 4) is 61.3 Å². The Morgan fingerprint density at radius 1 is 0.368 bits per heavy atom. The van der Waals surface area contributed by atoms with E-state index in [1.54, 1.807) is 0 Å². The fourth-order valence-electron chi connectivity index (χ4n) is 9.92. The second-order valence-electron chi connectivity index (χ2n) is 15.6. The molecule has 0 saturated heterocycles. The van der Waals surface area contributed by atoms with Crippen LogP contribution in [0.5, 0.6) is 0 Å². The van der Waals surface area contributed by atoms with Gasteiger partial charge in [0.2, 0.25) is 0 Å². The molecule has 0 amide bonds. The summed E-state index contributed by atoms with van der Waals surface area (Å²) in [6.45, 7) is 0. The zero-order chi connectivity index (χ0) is 37.5. The first kappa shape index (κ1) is 32.1. The zero-order valence-corrected chi connectivity index (χ0v) is 31.4. The number of fused-ring (bicyclic) bond motifs is 10. The summed E-state index contributed by atoms with van der Waals surface area (Å²) >= 11 is 0. The van der Waals surface area contributed by atoms with Gasteiger partial charge in [0.1, 0.15) is 0 Å². The van der Waals surface area contributed by atoms with Gasteiger partial charge in [-0.1, -0.05) is 170 Å². The van der Waals surface area contributed by atoms with E-state index in [0.29, 0.717) is 0 Å². The van der Waals surface area contributed by atoms with Gasteiger partial charge in [-0.25, -0.2) is 0 Å². The van der Waals surface area contributed by atoms with Gasteiger partial charge in [-0.05, 0) is 126 Å². The molecule has 9 aromatic carbocycles. The monoisotopic (exact) mass is 723 g/mol. The molecule has 1 heterocycles. The lowest BCUT2D eigenvalue weighted by molar-refractivity contribution is 1.02. The zero-order valence-electron chi connectivity index (χ0n) is 31.4. The molecule has 57 heavy (non-hydrogen) atoms. The fraction of sp³-hybridized carbons (Fsp3) is 0.0357. The van der Waals surface area contributed by atoms with Gasteiger partial charge in [0.25, 0.3) is 0 Å². The predicted molar refractivity (Wildman–Crippen MR) is 238 cm³/mol. The SMILES string of the molecule is c1ccc(-c2cccc(C3c4ccccc4-c4cc(-c5ccc6c(c5)c5c7c(ccc5n6-c5cccc(-c6ccccc6)c5)Cc5ccccc5-7)ccc43)c2)cc1. The summed E-state index contributed by atoms with van der Waals surface area (Å²) < 4.78 is 2.48. The summed E-state index contributed by atoms with van der Waals surface area (Å²) in [4.78, 5) is 0. The van der Waals surface area contributed by atoms with Crippen molar-refractivity contribution >= 4 is 21.8 Å². The molecule has 266 valence electrons. The number of rotatable bonds is 5. The highest BCUT2D eigenvalue weighted by molar-refractivity contribution is 6.18. The molecule has 10 aromatic rings. The molecule has 1 heteroatoms. The Morgan fingerprint density at radius 2 is 0.982 bits per heavy atom. The number of benzene rings is 9. The Labute approximate surface area is 332 Å². The molecule has 0 fully saturated rings. The minimum Gasteiger partial charge on any atom is -0.309 e. The topological polar surface area (TPSA) is 4.93 Å². The molecule has 1 nitrogen and oxygen atoms in total. The van der Waals surface area contributed by atoms with Crippen molar-refractivity contribution in [2.24, 2.45) is 0 Å². The lowest BCUT2D eigenvalue weighted by Gasteiger charge is -2.16. The maximum Gasteiger partial charge on any atom is 0.0547 e. The second kappa shape index (κ2) is 12.7. The maximum atomic E-state index is 2.48. The smallest absolute Gasteiger partial charge is 0.0547 e. The van der Waals surface area contributed by atoms with E-state index in [9.17, 15) is 0 Å². The lowest BCUT2D eigenvalue weighted by atomic mass is 9.87. The molecule has 12 rings (SSSR count). The number of hydrogen-bond donors (Lipinski definition) is 0. The number of hydrogen-bond acceptors (Lipinski definition) is 0. The van der Waals surface area contributed by atoms with Crippen molar-refractivity contribution in [3.05, 3.63) is 234 Å². The van der Waals surface area contributed by atoms with Crippen LogP contribution in [0.3, 0.4) is 0 Å². The molecule has 2 aliphatic carbocycles. The average Bonchev–Trinajstić information content (AvgIpc) is 3.94. The Morgan fingerprint density at radius 3 is 1.81 bits per heavy atom. The lowest BCUT2D eigenvalue weighted by Crippen LogP contribution is -1.99. The molecule has 0 aliphatic heterocycles. The second-order valence-corrected chi connectivity index (χ2v) is 15.6. The molecular formula is C56H37N. The van der Waals surface area contributed by atoms with Gasteiger partial charge in [-0.15, -0.1) is 0 Å². The summed E-state index contributed by atoms with van der Waals surface area (Å²) in [7, 11) is 0. The van der Waals surface area contributed by atoms with Gasteiger partial charge in [0.05, 0.1) is 11.0 Å². The van der Waals surface area contributed by atoms with E-state index in [4.69, 9.17) is 0 Å². The van der Waals surface area contributed by atoms with Gasteiger partial charge in [0, 0.05) is 22.4 Å². The first-order valence-electron chi connectivity index (χ1n) is 20.0. The van der Waals surface area contributed by atoms with Crippen molar-refractivity contribution in [2.75, 3.05) is 0 Å². The Balaban J connectivity index is 1.04. The van der Waals surface area contributed by atoms with E-state index in [-0.39, 0.29) is 5.92 Å². The summed E-state index contributed by atoms with van der Waals surface area (Å²) in [5, 5.41) is 2.63. The highest BCUT2D eigenvalue weighted by Crippen LogP contribution is 2.51. The molecular weight excluding hydrogens is 687 g/mol. The molecule has 0 N–H and O–H groups in total. The van der Waals surface area contributed by atoms with Crippen LogP contribution in [0.4, 0.5) is 0 Å². The van der Waals surface area contributed by atoms with Crippen LogP contribution in [-0.4, -0.2) is 4.57 Å². The van der Waals surface area contributed by atoms with Crippen LogP contribution in [0.2, 0.25) is 0 Å². The molecule has 1 unspecified atom stereocenters. The largest absolute Gasteiger partial charge is 0.309 e. The predicted octanol–water partition coefficient (Wildman–Crippen LogP) is 14.5. The molecule has 0 saturated carbocycles. The highest BCUT2D eigenvalue weighted by atomic mass is 15.0. The maximum absolute atomic E-state index is 2.48. The summed E-state index contributed by atoms with van der Waals surface area (Å²) in [6, 6.07) is 76.6. The Hall–Kier alpha value is -7.22. The van der Waals surface area contributed by atoms with E-state index in [2.05, 4.69) is 211 Å². The van der Waals surface area contributed by atoms with Gasteiger partial charge in [-0.2, -0.15) is 0 Å². The van der Waals surface area contributed by atoms with Crippen molar-refractivity contribution < 1.29 is 0 Å². The first-order valence-corrected chi connectivity index (χ1v) is 20.0. The first-order chi connectivity index (χ1) is 28.3. The van der Waals surface area contributed by atoms with E-state index in [1.165, 1.54) is 111 Å². The van der Waals surface area contributed by atoms with Crippen molar-refractivity contribution in [3.63, 3.8) is 0 Å². The quantitative estimate of drug-likeness (QED) is 0.167.